The Bertz CT molecular complexity index is 1760. The van der Waals surface area contributed by atoms with E-state index in [-0.39, 0.29) is 17.0 Å². The molecule has 4 atom stereocenters. The molecule has 0 aliphatic carbocycles. The van der Waals surface area contributed by atoms with Gasteiger partial charge in [-0.25, -0.2) is 0 Å². The maximum atomic E-state index is 14.4. The average molecular weight is 532 g/mol. The van der Waals surface area contributed by atoms with Crippen molar-refractivity contribution in [1.29, 1.82) is 0 Å². The first-order valence-electron chi connectivity index (χ1n) is 12.7. The summed E-state index contributed by atoms with van der Waals surface area (Å²) in [6.45, 7) is 0. The molecule has 1 spiro atoms. The molecule has 0 unspecified atom stereocenters. The normalized spacial score (nSPS) is 23.9. The molecular weight excluding hydrogens is 510 g/mol. The van der Waals surface area contributed by atoms with E-state index < -0.39 is 45.8 Å². The van der Waals surface area contributed by atoms with Crippen molar-refractivity contribution in [3.63, 3.8) is 0 Å². The van der Waals surface area contributed by atoms with Crippen LogP contribution in [0.3, 0.4) is 0 Å². The number of anilines is 1. The van der Waals surface area contributed by atoms with Gasteiger partial charge in [0.05, 0.1) is 23.1 Å². The molecule has 3 aromatic carbocycles. The molecule has 1 N–H and O–H groups in total. The SMILES string of the molecule is O=C(c1cccc([N+](=O)[O-])c1)[C@@H]1[C@@H](C(=O)c2ccco2)[C@@]2(C(=O)Nc3ccccc32)[C@H]2c3ccccc3C=CN12. The molecule has 3 aliphatic rings. The Morgan fingerprint density at radius 2 is 1.75 bits per heavy atom. The topological polar surface area (TPSA) is 123 Å². The first-order valence-corrected chi connectivity index (χ1v) is 12.7. The Labute approximate surface area is 227 Å². The highest BCUT2D eigenvalue weighted by Crippen LogP contribution is 2.62. The number of fused-ring (bicyclic) bond motifs is 6. The Balaban J connectivity index is 1.53. The number of non-ortho nitro benzene ring substituents is 1. The van der Waals surface area contributed by atoms with Gasteiger partial charge in [-0.2, -0.15) is 0 Å². The quantitative estimate of drug-likeness (QED) is 0.214. The second-order valence-electron chi connectivity index (χ2n) is 10.1. The molecule has 0 saturated carbocycles. The van der Waals surface area contributed by atoms with Crippen LogP contribution in [-0.4, -0.2) is 33.3 Å². The average Bonchev–Trinajstić information content (AvgIpc) is 3.69. The van der Waals surface area contributed by atoms with E-state index in [2.05, 4.69) is 5.32 Å². The van der Waals surface area contributed by atoms with Crippen molar-refractivity contribution in [1.82, 2.24) is 4.90 Å². The summed E-state index contributed by atoms with van der Waals surface area (Å²) < 4.78 is 5.52. The summed E-state index contributed by atoms with van der Waals surface area (Å²) in [5.41, 5.74) is 1.18. The predicted molar refractivity (Wildman–Crippen MR) is 145 cm³/mol. The minimum absolute atomic E-state index is 0.0236. The summed E-state index contributed by atoms with van der Waals surface area (Å²) in [4.78, 5) is 55.9. The van der Waals surface area contributed by atoms with Crippen molar-refractivity contribution in [2.24, 2.45) is 5.92 Å². The van der Waals surface area contributed by atoms with Crippen LogP contribution in [0.5, 0.6) is 0 Å². The summed E-state index contributed by atoms with van der Waals surface area (Å²) in [6, 6.07) is 21.5. The Hall–Kier alpha value is -5.31. The zero-order chi connectivity index (χ0) is 27.6. The number of nitro groups is 1. The molecule has 4 heterocycles. The zero-order valence-corrected chi connectivity index (χ0v) is 20.9. The molecule has 196 valence electrons. The monoisotopic (exact) mass is 531 g/mol. The van der Waals surface area contributed by atoms with Crippen LogP contribution in [0.25, 0.3) is 6.08 Å². The molecule has 1 aromatic heterocycles. The molecule has 0 radical (unpaired) electrons. The van der Waals surface area contributed by atoms with Crippen molar-refractivity contribution in [2.45, 2.75) is 17.5 Å². The van der Waals surface area contributed by atoms with E-state index in [1.54, 1.807) is 35.4 Å². The first kappa shape index (κ1) is 23.8. The van der Waals surface area contributed by atoms with Gasteiger partial charge in [0, 0.05) is 29.6 Å². The van der Waals surface area contributed by atoms with E-state index in [1.807, 2.05) is 36.4 Å². The lowest BCUT2D eigenvalue weighted by Gasteiger charge is -2.38. The molecule has 9 nitrogen and oxygen atoms in total. The first-order chi connectivity index (χ1) is 19.4. The number of furan rings is 1. The second kappa shape index (κ2) is 8.60. The van der Waals surface area contributed by atoms with Gasteiger partial charge < -0.3 is 14.6 Å². The van der Waals surface area contributed by atoms with Crippen molar-refractivity contribution < 1.29 is 23.7 Å². The maximum absolute atomic E-state index is 14.4. The van der Waals surface area contributed by atoms with E-state index in [9.17, 15) is 24.5 Å². The van der Waals surface area contributed by atoms with Gasteiger partial charge in [-0.3, -0.25) is 24.5 Å². The third-order valence-corrected chi connectivity index (χ3v) is 8.23. The summed E-state index contributed by atoms with van der Waals surface area (Å²) in [5.74, 6) is -2.59. The number of nitro benzene ring substituents is 1. The number of hydrogen-bond acceptors (Lipinski definition) is 7. The molecule has 40 heavy (non-hydrogen) atoms. The number of hydrogen-bond donors (Lipinski definition) is 1. The van der Waals surface area contributed by atoms with Crippen molar-refractivity contribution in [2.75, 3.05) is 5.32 Å². The van der Waals surface area contributed by atoms with E-state index >= 15 is 0 Å². The van der Waals surface area contributed by atoms with Gasteiger partial charge in [0.15, 0.2) is 11.5 Å². The number of nitrogens with one attached hydrogen (secondary N) is 1. The van der Waals surface area contributed by atoms with Crippen LogP contribution in [0.2, 0.25) is 0 Å². The van der Waals surface area contributed by atoms with Gasteiger partial charge in [0.2, 0.25) is 11.7 Å². The molecule has 0 bridgehead atoms. The summed E-state index contributed by atoms with van der Waals surface area (Å²) in [5, 5.41) is 14.5. The molecule has 1 amide bonds. The number of ketones is 2. The number of Topliss-reactive ketones (excluding diaryl/α,β-unsaturated/α-hetero) is 2. The number of rotatable bonds is 5. The number of carbonyl (C=O) groups is 3. The van der Waals surface area contributed by atoms with Crippen LogP contribution in [-0.2, 0) is 10.2 Å². The maximum Gasteiger partial charge on any atom is 0.270 e. The van der Waals surface area contributed by atoms with Gasteiger partial charge in [0.25, 0.3) is 5.69 Å². The lowest BCUT2D eigenvalue weighted by Crippen LogP contribution is -2.49. The van der Waals surface area contributed by atoms with Gasteiger partial charge in [-0.1, -0.05) is 54.6 Å². The number of amides is 1. The minimum atomic E-state index is -1.50. The highest BCUT2D eigenvalue weighted by Gasteiger charge is 2.71. The summed E-state index contributed by atoms with van der Waals surface area (Å²) in [6.07, 6.45) is 4.97. The lowest BCUT2D eigenvalue weighted by molar-refractivity contribution is -0.384. The highest BCUT2D eigenvalue weighted by molar-refractivity contribution is 6.16. The standard InChI is InChI=1S/C31H21N3O6/c35-27(19-8-5-9-20(17-19)34(38)39)26-25(28(36)24-13-6-16-40-24)31(22-11-3-4-12-23(22)32-30(31)37)29-21-10-2-1-7-18(21)14-15-33(26)29/h1-17,25-26,29H,(H,32,37)/t25-,26-,29+,31+/m0/s1. The van der Waals surface area contributed by atoms with Crippen LogP contribution in [0.4, 0.5) is 11.4 Å². The van der Waals surface area contributed by atoms with E-state index in [0.29, 0.717) is 11.3 Å². The number of carbonyl (C=O) groups excluding carboxylic acids is 3. The van der Waals surface area contributed by atoms with Crippen LogP contribution >= 0.6 is 0 Å². The number of nitrogens with zero attached hydrogens (tertiary/aromatic N) is 2. The van der Waals surface area contributed by atoms with Crippen LogP contribution in [0.1, 0.15) is 43.6 Å². The van der Waals surface area contributed by atoms with Gasteiger partial charge in [0.1, 0.15) is 11.5 Å². The fraction of sp³-hybridized carbons (Fsp3) is 0.129. The number of para-hydroxylation sites is 1. The van der Waals surface area contributed by atoms with Crippen LogP contribution in [0.15, 0.2) is 102 Å². The van der Waals surface area contributed by atoms with E-state index in [4.69, 9.17) is 4.42 Å². The third-order valence-electron chi connectivity index (χ3n) is 8.23. The fourth-order valence-corrected chi connectivity index (χ4v) is 6.68. The molecule has 9 heteroatoms. The van der Waals surface area contributed by atoms with Gasteiger partial charge in [-0.05, 0) is 41.0 Å². The smallest absolute Gasteiger partial charge is 0.270 e. The van der Waals surface area contributed by atoms with Crippen LogP contribution < -0.4 is 5.32 Å². The van der Waals surface area contributed by atoms with Crippen molar-refractivity contribution >= 4 is 34.9 Å². The Kier molecular flexibility index (Phi) is 5.11. The lowest BCUT2D eigenvalue weighted by atomic mass is 9.63. The van der Waals surface area contributed by atoms with Crippen molar-refractivity contribution in [3.8, 4) is 0 Å². The molecule has 1 saturated heterocycles. The molecular formula is C31H21N3O6. The molecule has 7 rings (SSSR count). The summed E-state index contributed by atoms with van der Waals surface area (Å²) >= 11 is 0. The largest absolute Gasteiger partial charge is 0.461 e. The Morgan fingerprint density at radius 3 is 2.55 bits per heavy atom. The van der Waals surface area contributed by atoms with Crippen LogP contribution in [0, 0.1) is 16.0 Å². The molecule has 3 aliphatic heterocycles. The zero-order valence-electron chi connectivity index (χ0n) is 20.9. The predicted octanol–water partition coefficient (Wildman–Crippen LogP) is 5.17. The fourth-order valence-electron chi connectivity index (χ4n) is 6.68. The van der Waals surface area contributed by atoms with E-state index in [0.717, 1.165) is 11.1 Å². The Morgan fingerprint density at radius 1 is 0.950 bits per heavy atom. The van der Waals surface area contributed by atoms with Crippen molar-refractivity contribution in [3.05, 3.63) is 136 Å². The molecule has 1 fully saturated rings. The minimum Gasteiger partial charge on any atom is -0.461 e. The van der Waals surface area contributed by atoms with Gasteiger partial charge in [-0.15, -0.1) is 0 Å². The highest BCUT2D eigenvalue weighted by atomic mass is 16.6. The van der Waals surface area contributed by atoms with E-state index in [1.165, 1.54) is 36.6 Å². The van der Waals surface area contributed by atoms with Gasteiger partial charge >= 0.3 is 0 Å². The summed E-state index contributed by atoms with van der Waals surface area (Å²) in [7, 11) is 0. The number of benzene rings is 3. The third kappa shape index (κ3) is 3.11. The molecule has 4 aromatic rings. The second-order valence-corrected chi connectivity index (χ2v) is 10.1.